The van der Waals surface area contributed by atoms with Crippen LogP contribution in [-0.2, 0) is 62.4 Å². The molecule has 2 saturated heterocycles. The van der Waals surface area contributed by atoms with Crippen molar-refractivity contribution in [3.63, 3.8) is 0 Å². The molecule has 2 aliphatic rings. The molecule has 6 aromatic rings. The number of hydrogen-bond donors (Lipinski definition) is 3. The Hall–Kier alpha value is -9.13. The average Bonchev–Trinajstić information content (AvgIpc) is 3.62. The van der Waals surface area contributed by atoms with E-state index in [4.69, 9.17) is 28.7 Å². The lowest BCUT2D eigenvalue weighted by Crippen LogP contribution is -2.76. The molecule has 374 valence electrons. The highest BCUT2D eigenvalue weighted by molar-refractivity contribution is 6.14. The first kappa shape index (κ1) is 50.3. The number of β-lactam (4-membered cyclic amide) rings is 1. The number of hydrogen-bond acceptors (Lipinski definition) is 15. The summed E-state index contributed by atoms with van der Waals surface area (Å²) in [5.74, 6) is -8.24. The summed E-state index contributed by atoms with van der Waals surface area (Å²) < 4.78 is 28.1. The Labute approximate surface area is 417 Å². The smallest absolute Gasteiger partial charge is 0.342 e. The maximum Gasteiger partial charge on any atom is 0.342 e. The molecule has 0 aliphatic carbocycles. The zero-order valence-corrected chi connectivity index (χ0v) is 39.5. The Balaban J connectivity index is 1.21. The summed E-state index contributed by atoms with van der Waals surface area (Å²) in [6, 6.07) is 33.1. The Morgan fingerprint density at radius 1 is 0.699 bits per heavy atom. The number of phenolic OH excluding ortho intramolecular Hbond substituents is 1. The Kier molecular flexibility index (Phi) is 15.7. The third-order valence-electron chi connectivity index (χ3n) is 12.6. The molecule has 19 heteroatoms. The standard InChI is InChI=1S/C54H49N5O14/c1-69-42-18-10-7-15-38(42)52(66)72-47-48(73-53(67)39-16-8-11-19-43(39)70-2)51(65)59(50(47)64)46-41(27-24-36-23-22-34-14-6-9-17-40(34)56-36)58(49(46)63)45(54(68)71-30-33-20-25-37(61)26-21-33)35(29-44(62)57-55-31-60)28-32-12-4-3-5-13-32/h3-23,25-26,31,35,41,45-48,61H,24,27-30H2,1-2H3,(H,55,60)(H,57,62)/t35-,41?,45?,46?,47?,48?/m0/s1. The number of phenols is 1. The molecule has 0 radical (unpaired) electrons. The number of carbonyl (C=O) groups is 8. The molecule has 3 heterocycles. The summed E-state index contributed by atoms with van der Waals surface area (Å²) >= 11 is 0. The minimum atomic E-state index is -2.13. The van der Waals surface area contributed by atoms with Gasteiger partial charge in [-0.3, -0.25) is 44.7 Å². The highest BCUT2D eigenvalue weighted by Gasteiger charge is 2.64. The summed E-state index contributed by atoms with van der Waals surface area (Å²) in [6.45, 7) is -0.328. The van der Waals surface area contributed by atoms with E-state index in [1.165, 1.54) is 79.8 Å². The number of pyridine rings is 1. The maximum absolute atomic E-state index is 15.3. The van der Waals surface area contributed by atoms with E-state index in [1.807, 2.05) is 30.3 Å². The van der Waals surface area contributed by atoms with E-state index in [-0.39, 0.29) is 60.7 Å². The SMILES string of the molecule is COc1ccccc1C(=O)OC1C(=O)N(C2C(=O)N(C(C(=O)OCc3ccc(O)cc3)[C@H](CC(=O)NNC=O)Cc3ccccc3)C2CCc2ccc3ccccc3n2)C(=O)C1OC(=O)c1ccccc1OC. The van der Waals surface area contributed by atoms with Gasteiger partial charge in [-0.1, -0.05) is 91.0 Å². The zero-order valence-electron chi connectivity index (χ0n) is 39.5. The minimum Gasteiger partial charge on any atom is -0.508 e. The summed E-state index contributed by atoms with van der Waals surface area (Å²) in [4.78, 5) is 119. The quantitative estimate of drug-likeness (QED) is 0.0226. The van der Waals surface area contributed by atoms with Crippen LogP contribution in [0.15, 0.2) is 140 Å². The molecule has 0 bridgehead atoms. The number of likely N-dealkylation sites (tertiary alicyclic amines) is 2. The minimum absolute atomic E-state index is 0.00520. The third kappa shape index (κ3) is 11.1. The number of aryl methyl sites for hydroxylation is 1. The molecule has 0 saturated carbocycles. The van der Waals surface area contributed by atoms with Gasteiger partial charge in [0, 0.05) is 23.4 Å². The van der Waals surface area contributed by atoms with Crippen LogP contribution in [0, 0.1) is 5.92 Å². The van der Waals surface area contributed by atoms with Gasteiger partial charge in [-0.2, -0.15) is 0 Å². The van der Waals surface area contributed by atoms with Crippen LogP contribution >= 0.6 is 0 Å². The first-order valence-corrected chi connectivity index (χ1v) is 23.1. The van der Waals surface area contributed by atoms with E-state index in [1.54, 1.807) is 48.5 Å². The van der Waals surface area contributed by atoms with Crippen LogP contribution in [0.5, 0.6) is 17.2 Å². The van der Waals surface area contributed by atoms with Crippen molar-refractivity contribution in [2.24, 2.45) is 5.92 Å². The van der Waals surface area contributed by atoms with Crippen molar-refractivity contribution in [3.8, 4) is 17.2 Å². The highest BCUT2D eigenvalue weighted by Crippen LogP contribution is 2.39. The topological polar surface area (TPSA) is 246 Å². The highest BCUT2D eigenvalue weighted by atomic mass is 16.6. The lowest BCUT2D eigenvalue weighted by molar-refractivity contribution is -0.183. The average molecular weight is 992 g/mol. The zero-order chi connectivity index (χ0) is 51.6. The Morgan fingerprint density at radius 2 is 1.29 bits per heavy atom. The molecule has 5 unspecified atom stereocenters. The second kappa shape index (κ2) is 22.7. The number of ether oxygens (including phenoxy) is 5. The number of hydrazine groups is 1. The molecule has 2 aliphatic heterocycles. The lowest BCUT2D eigenvalue weighted by atomic mass is 9.80. The van der Waals surface area contributed by atoms with Gasteiger partial charge in [-0.05, 0) is 78.9 Å². The number of imide groups is 1. The number of aromatic nitrogens is 1. The van der Waals surface area contributed by atoms with Gasteiger partial charge in [0.2, 0.25) is 30.4 Å². The van der Waals surface area contributed by atoms with Crippen molar-refractivity contribution < 1.29 is 67.1 Å². The lowest BCUT2D eigenvalue weighted by Gasteiger charge is -2.53. The van der Waals surface area contributed by atoms with Crippen LogP contribution in [0.4, 0.5) is 0 Å². The van der Waals surface area contributed by atoms with Gasteiger partial charge < -0.3 is 33.7 Å². The largest absolute Gasteiger partial charge is 0.508 e. The molecule has 8 rings (SSSR count). The number of esters is 3. The fraction of sp³-hybridized carbons (Fsp3) is 0.241. The molecule has 1 aromatic heterocycles. The third-order valence-corrected chi connectivity index (χ3v) is 12.6. The molecule has 0 spiro atoms. The summed E-state index contributed by atoms with van der Waals surface area (Å²) in [5.41, 5.74) is 6.47. The van der Waals surface area contributed by atoms with Crippen LogP contribution in [0.3, 0.4) is 0 Å². The van der Waals surface area contributed by atoms with E-state index >= 15 is 4.79 Å². The van der Waals surface area contributed by atoms with E-state index in [9.17, 15) is 38.7 Å². The number of rotatable bonds is 21. The first-order chi connectivity index (χ1) is 35.4. The predicted octanol–water partition coefficient (Wildman–Crippen LogP) is 4.43. The van der Waals surface area contributed by atoms with Crippen LogP contribution in [-0.4, -0.2) is 112 Å². The van der Waals surface area contributed by atoms with Gasteiger partial charge in [-0.25, -0.2) is 14.4 Å². The number of carbonyl (C=O) groups excluding carboxylic acids is 8. The molecule has 19 nitrogen and oxygen atoms in total. The maximum atomic E-state index is 15.3. The van der Waals surface area contributed by atoms with Crippen molar-refractivity contribution >= 4 is 58.8 Å². The van der Waals surface area contributed by atoms with Crippen molar-refractivity contribution in [2.75, 3.05) is 14.2 Å². The molecular weight excluding hydrogens is 943 g/mol. The molecule has 5 amide bonds. The molecule has 2 fully saturated rings. The van der Waals surface area contributed by atoms with Crippen LogP contribution in [0.1, 0.15) is 50.4 Å². The van der Waals surface area contributed by atoms with Gasteiger partial charge in [-0.15, -0.1) is 0 Å². The number of fused-ring (bicyclic) bond motifs is 1. The number of aromatic hydroxyl groups is 1. The normalized spacial score (nSPS) is 18.0. The summed E-state index contributed by atoms with van der Waals surface area (Å²) in [6.07, 6.45) is -4.38. The van der Waals surface area contributed by atoms with Crippen LogP contribution < -0.4 is 20.3 Å². The molecule has 3 N–H and O–H groups in total. The monoisotopic (exact) mass is 991 g/mol. The first-order valence-electron chi connectivity index (χ1n) is 23.1. The Bertz CT molecular complexity index is 2960. The van der Waals surface area contributed by atoms with E-state index < -0.39 is 84.2 Å². The summed E-state index contributed by atoms with van der Waals surface area (Å²) in [7, 11) is 2.62. The number of amides is 5. The predicted molar refractivity (Wildman–Crippen MR) is 258 cm³/mol. The van der Waals surface area contributed by atoms with Crippen LogP contribution in [0.2, 0.25) is 0 Å². The van der Waals surface area contributed by atoms with Crippen molar-refractivity contribution in [2.45, 2.75) is 62.6 Å². The fourth-order valence-corrected chi connectivity index (χ4v) is 9.12. The van der Waals surface area contributed by atoms with Crippen molar-refractivity contribution in [1.29, 1.82) is 0 Å². The van der Waals surface area contributed by atoms with Gasteiger partial charge >= 0.3 is 17.9 Å². The van der Waals surface area contributed by atoms with E-state index in [0.29, 0.717) is 27.2 Å². The van der Waals surface area contributed by atoms with E-state index in [2.05, 4.69) is 10.9 Å². The van der Waals surface area contributed by atoms with Crippen molar-refractivity contribution in [3.05, 3.63) is 167 Å². The molecule has 5 aromatic carbocycles. The van der Waals surface area contributed by atoms with Gasteiger partial charge in [0.15, 0.2) is 0 Å². The molecular formula is C54H49N5O14. The van der Waals surface area contributed by atoms with Gasteiger partial charge in [0.1, 0.15) is 47.1 Å². The number of para-hydroxylation sites is 3. The summed E-state index contributed by atoms with van der Waals surface area (Å²) in [5, 5.41) is 10.8. The van der Waals surface area contributed by atoms with Gasteiger partial charge in [0.05, 0.1) is 25.8 Å². The Morgan fingerprint density at radius 3 is 1.90 bits per heavy atom. The molecule has 73 heavy (non-hydrogen) atoms. The number of benzene rings is 5. The number of nitrogens with zero attached hydrogens (tertiary/aromatic N) is 3. The number of methoxy groups -OCH3 is 2. The van der Waals surface area contributed by atoms with E-state index in [0.717, 1.165) is 5.39 Å². The fourth-order valence-electron chi connectivity index (χ4n) is 9.12. The second-order valence-corrected chi connectivity index (χ2v) is 17.1. The number of nitrogens with one attached hydrogen (secondary N) is 2. The second-order valence-electron chi connectivity index (χ2n) is 17.1. The van der Waals surface area contributed by atoms with Crippen molar-refractivity contribution in [1.82, 2.24) is 25.6 Å². The molecule has 6 atom stereocenters. The van der Waals surface area contributed by atoms with Crippen LogP contribution in [0.25, 0.3) is 10.9 Å². The van der Waals surface area contributed by atoms with Gasteiger partial charge in [0.25, 0.3) is 11.8 Å².